The first-order valence-corrected chi connectivity index (χ1v) is 4.94. The van der Waals surface area contributed by atoms with Gasteiger partial charge in [-0.3, -0.25) is 13.7 Å². The monoisotopic (exact) mass is 188 g/mol. The van der Waals surface area contributed by atoms with E-state index in [1.807, 2.05) is 0 Å². The Kier molecular flexibility index (Phi) is 4.77. The Morgan fingerprint density at radius 3 is 1.33 bits per heavy atom. The van der Waals surface area contributed by atoms with Crippen LogP contribution in [0.3, 0.4) is 0 Å². The Hall–Kier alpha value is 0.980. The van der Waals surface area contributed by atoms with Crippen LogP contribution in [0.4, 0.5) is 0 Å². The van der Waals surface area contributed by atoms with Gasteiger partial charge in [-0.2, -0.15) is 8.42 Å². The topological polar surface area (TPSA) is 112 Å². The van der Waals surface area contributed by atoms with Crippen molar-refractivity contribution in [2.24, 2.45) is 0 Å². The molecule has 0 spiro atoms. The van der Waals surface area contributed by atoms with Crippen LogP contribution in [0.15, 0.2) is 0 Å². The second kappa shape index (κ2) is 3.39. The Bertz CT molecular complexity index is 205. The van der Waals surface area contributed by atoms with E-state index in [0.717, 1.165) is 0 Å². The summed E-state index contributed by atoms with van der Waals surface area (Å²) in [4.78, 5) is 0. The van der Waals surface area contributed by atoms with Gasteiger partial charge in [0.25, 0.3) is 0 Å². The molecular formula is H5NaO6S2. The van der Waals surface area contributed by atoms with Gasteiger partial charge >= 0.3 is 38.7 Å². The molecule has 0 bridgehead atoms. The summed E-state index contributed by atoms with van der Waals surface area (Å²) in [5.41, 5.74) is 0. The molecule has 0 aromatic heterocycles. The number of hydrogen-bond acceptors (Lipinski definition) is 3. The zero-order valence-corrected chi connectivity index (χ0v) is 5.13. The Morgan fingerprint density at radius 1 is 1.22 bits per heavy atom. The van der Waals surface area contributed by atoms with Crippen LogP contribution in [-0.4, -0.2) is 55.8 Å². The second-order valence-corrected chi connectivity index (χ2v) is 5.63. The molecule has 6 nitrogen and oxygen atoms in total. The van der Waals surface area contributed by atoms with Crippen molar-refractivity contribution in [2.75, 3.05) is 0 Å². The zero-order chi connectivity index (χ0) is 7.00. The predicted molar refractivity (Wildman–Crippen MR) is 33.5 cm³/mol. The molecule has 0 fully saturated rings. The molecule has 0 heterocycles. The van der Waals surface area contributed by atoms with Gasteiger partial charge < -0.3 is 0 Å². The number of hydrogen-bond donors (Lipinski definition) is 4. The standard InChI is InChI=1S/Na.H4O6S2.H/c;1-7(2,3)8(4,5)6;/h;7H,(H2,1,2,3)(H,4,5,6);. The minimum atomic E-state index is -5.32. The van der Waals surface area contributed by atoms with E-state index < -0.39 is 18.7 Å². The fourth-order valence-electron chi connectivity index (χ4n) is 0. The molecule has 0 atom stereocenters. The fourth-order valence-corrected chi connectivity index (χ4v) is 0. The van der Waals surface area contributed by atoms with E-state index in [-0.39, 0.29) is 29.6 Å². The molecule has 0 rings (SSSR count). The first kappa shape index (κ1) is 12.6. The first-order valence-electron chi connectivity index (χ1n) is 1.28. The molecule has 0 aromatic rings. The van der Waals surface area contributed by atoms with E-state index >= 15 is 0 Å². The van der Waals surface area contributed by atoms with Crippen molar-refractivity contribution in [1.29, 1.82) is 0 Å². The SMILES string of the molecule is O=S(=O)(O)[SH](=O)(O)O.[NaH]. The van der Waals surface area contributed by atoms with Crippen molar-refractivity contribution in [3.8, 4) is 0 Å². The third kappa shape index (κ3) is 4.39. The first-order chi connectivity index (χ1) is 3.25. The molecule has 0 aliphatic heterocycles. The van der Waals surface area contributed by atoms with Gasteiger partial charge in [-0.05, 0) is 0 Å². The average molecular weight is 188 g/mol. The van der Waals surface area contributed by atoms with Gasteiger partial charge in [0.15, 0.2) is 9.53 Å². The molecule has 0 amide bonds. The van der Waals surface area contributed by atoms with Crippen molar-refractivity contribution < 1.29 is 26.3 Å². The van der Waals surface area contributed by atoms with Crippen molar-refractivity contribution in [3.63, 3.8) is 0 Å². The maximum atomic E-state index is 9.51. The van der Waals surface area contributed by atoms with Gasteiger partial charge in [0, 0.05) is 0 Å². The van der Waals surface area contributed by atoms with Crippen LogP contribution in [0.2, 0.25) is 0 Å². The van der Waals surface area contributed by atoms with E-state index in [2.05, 4.69) is 0 Å². The zero-order valence-electron chi connectivity index (χ0n) is 3.42. The third-order valence-corrected chi connectivity index (χ3v) is 2.70. The molecule has 0 unspecified atom stereocenters. The van der Waals surface area contributed by atoms with Crippen LogP contribution >= 0.6 is 0 Å². The maximum absolute atomic E-state index is 9.51. The molecule has 9 heteroatoms. The molecule has 0 saturated carbocycles. The van der Waals surface area contributed by atoms with Gasteiger partial charge in [0.05, 0.1) is 0 Å². The van der Waals surface area contributed by atoms with E-state index in [0.29, 0.717) is 0 Å². The van der Waals surface area contributed by atoms with Crippen molar-refractivity contribution in [3.05, 3.63) is 0 Å². The summed E-state index contributed by atoms with van der Waals surface area (Å²) in [5, 5.41) is 0. The summed E-state index contributed by atoms with van der Waals surface area (Å²) < 4.78 is 51.2. The second-order valence-electron chi connectivity index (χ2n) is 0.938. The minimum absolute atomic E-state index is 0. The van der Waals surface area contributed by atoms with Crippen LogP contribution in [0.1, 0.15) is 0 Å². The van der Waals surface area contributed by atoms with Crippen molar-refractivity contribution in [1.82, 2.24) is 0 Å². The van der Waals surface area contributed by atoms with Crippen LogP contribution in [-0.2, 0) is 18.7 Å². The summed E-state index contributed by atoms with van der Waals surface area (Å²) in [6.07, 6.45) is 0. The summed E-state index contributed by atoms with van der Waals surface area (Å²) >= 11 is 0. The van der Waals surface area contributed by atoms with E-state index in [9.17, 15) is 12.6 Å². The van der Waals surface area contributed by atoms with Gasteiger partial charge in [-0.25, -0.2) is 4.21 Å². The van der Waals surface area contributed by atoms with E-state index in [1.165, 1.54) is 0 Å². The number of rotatable bonds is 1. The number of thiol groups is 1. The molecule has 0 radical (unpaired) electrons. The summed E-state index contributed by atoms with van der Waals surface area (Å²) in [6, 6.07) is 0. The van der Waals surface area contributed by atoms with Gasteiger partial charge in [-0.15, -0.1) is 0 Å². The predicted octanol–water partition coefficient (Wildman–Crippen LogP) is -1.90. The van der Waals surface area contributed by atoms with Gasteiger partial charge in [0.1, 0.15) is 0 Å². The van der Waals surface area contributed by atoms with Crippen LogP contribution < -0.4 is 0 Å². The van der Waals surface area contributed by atoms with Gasteiger partial charge in [-0.1, -0.05) is 0 Å². The summed E-state index contributed by atoms with van der Waals surface area (Å²) in [6.45, 7) is 0. The van der Waals surface area contributed by atoms with E-state index in [4.69, 9.17) is 13.7 Å². The van der Waals surface area contributed by atoms with E-state index in [1.54, 1.807) is 0 Å². The average Bonchev–Trinajstić information content (AvgIpc) is 1.25. The van der Waals surface area contributed by atoms with Crippen molar-refractivity contribution >= 4 is 48.2 Å². The molecule has 0 saturated heterocycles. The Labute approximate surface area is 74.2 Å². The van der Waals surface area contributed by atoms with Crippen LogP contribution in [0.25, 0.3) is 0 Å². The Morgan fingerprint density at radius 2 is 1.33 bits per heavy atom. The molecule has 0 aliphatic carbocycles. The molecule has 54 valence electrons. The Balaban J connectivity index is 0. The quantitative estimate of drug-likeness (QED) is 0.165. The summed E-state index contributed by atoms with van der Waals surface area (Å²) in [5.74, 6) is 0. The molecular weight excluding hydrogens is 183 g/mol. The third-order valence-electron chi connectivity index (χ3n) is 0.301. The molecule has 0 aliphatic rings. The van der Waals surface area contributed by atoms with Gasteiger partial charge in [0.2, 0.25) is 0 Å². The molecule has 3 N–H and O–H groups in total. The summed E-state index contributed by atoms with van der Waals surface area (Å²) in [7, 11) is -10.5. The molecule has 0 aromatic carbocycles. The normalized spacial score (nSPS) is 14.1. The van der Waals surface area contributed by atoms with Crippen LogP contribution in [0.5, 0.6) is 0 Å². The van der Waals surface area contributed by atoms with Crippen LogP contribution in [0, 0.1) is 0 Å². The fraction of sp³-hybridized carbons (Fsp3) is 0. The van der Waals surface area contributed by atoms with Crippen molar-refractivity contribution in [2.45, 2.75) is 0 Å². The molecule has 9 heavy (non-hydrogen) atoms.